The maximum atomic E-state index is 12.8. The van der Waals surface area contributed by atoms with Gasteiger partial charge in [0.05, 0.1) is 23.7 Å². The molecule has 2 aromatic heterocycles. The lowest BCUT2D eigenvalue weighted by atomic mass is 9.95. The number of nitrogens with zero attached hydrogens (tertiary/aromatic N) is 4. The quantitative estimate of drug-likeness (QED) is 0.509. The van der Waals surface area contributed by atoms with Gasteiger partial charge in [0.25, 0.3) is 5.56 Å². The Hall–Kier alpha value is -2.58. The van der Waals surface area contributed by atoms with Gasteiger partial charge >= 0.3 is 0 Å². The van der Waals surface area contributed by atoms with Crippen molar-refractivity contribution < 1.29 is 10.0 Å². The number of nitrogens with one attached hydrogen (secondary N) is 2. The molecule has 0 spiro atoms. The number of pyridine rings is 1. The second-order valence-corrected chi connectivity index (χ2v) is 8.93. The Bertz CT molecular complexity index is 1080. The summed E-state index contributed by atoms with van der Waals surface area (Å²) in [7, 11) is 0. The van der Waals surface area contributed by atoms with Crippen LogP contribution in [0, 0.1) is 13.8 Å². The summed E-state index contributed by atoms with van der Waals surface area (Å²) in [5.41, 5.74) is 3.86. The normalized spacial score (nSPS) is 16.1. The van der Waals surface area contributed by atoms with Crippen LogP contribution in [0.25, 0.3) is 10.9 Å². The Morgan fingerprint density at radius 2 is 1.97 bits per heavy atom. The third-order valence-electron chi connectivity index (χ3n) is 6.39. The number of aliphatic hydroxyl groups excluding tert-OH is 1. The van der Waals surface area contributed by atoms with Gasteiger partial charge in [0, 0.05) is 13.0 Å². The summed E-state index contributed by atoms with van der Waals surface area (Å²) in [5.74, 6) is 0.865. The molecular formula is C23H33N6O2+. The average Bonchev–Trinajstić information content (AvgIpc) is 3.22. The van der Waals surface area contributed by atoms with Gasteiger partial charge in [-0.05, 0) is 60.2 Å². The van der Waals surface area contributed by atoms with E-state index in [4.69, 9.17) is 0 Å². The molecule has 1 saturated carbocycles. The van der Waals surface area contributed by atoms with E-state index in [0.29, 0.717) is 25.6 Å². The topological polar surface area (TPSA) is 101 Å². The van der Waals surface area contributed by atoms with Crippen LogP contribution in [0.4, 0.5) is 0 Å². The summed E-state index contributed by atoms with van der Waals surface area (Å²) >= 11 is 0. The molecule has 1 aliphatic carbocycles. The number of quaternary nitrogens is 1. The molecule has 1 aromatic carbocycles. The van der Waals surface area contributed by atoms with Gasteiger partial charge in [0.15, 0.2) is 0 Å². The van der Waals surface area contributed by atoms with Crippen molar-refractivity contribution in [2.45, 2.75) is 71.5 Å². The summed E-state index contributed by atoms with van der Waals surface area (Å²) in [4.78, 5) is 17.1. The first-order valence-electron chi connectivity index (χ1n) is 11.4. The lowest BCUT2D eigenvalue weighted by molar-refractivity contribution is -0.928. The van der Waals surface area contributed by atoms with Gasteiger partial charge in [-0.3, -0.25) is 4.79 Å². The average molecular weight is 426 g/mol. The third-order valence-corrected chi connectivity index (χ3v) is 6.39. The maximum Gasteiger partial charge on any atom is 0.257 e. The van der Waals surface area contributed by atoms with Gasteiger partial charge in [-0.2, -0.15) is 0 Å². The molecule has 3 aromatic rings. The van der Waals surface area contributed by atoms with Crippen LogP contribution in [0.2, 0.25) is 0 Å². The third kappa shape index (κ3) is 5.02. The molecule has 1 aliphatic rings. The molecular weight excluding hydrogens is 392 g/mol. The summed E-state index contributed by atoms with van der Waals surface area (Å²) in [5, 5.41) is 23.0. The lowest BCUT2D eigenvalue weighted by Gasteiger charge is -2.24. The highest BCUT2D eigenvalue weighted by molar-refractivity contribution is 5.82. The fourth-order valence-corrected chi connectivity index (χ4v) is 4.86. The van der Waals surface area contributed by atoms with Crippen molar-refractivity contribution in [3.63, 3.8) is 0 Å². The number of aromatic nitrogens is 5. The molecule has 0 bridgehead atoms. The number of benzene rings is 1. The van der Waals surface area contributed by atoms with E-state index in [9.17, 15) is 9.90 Å². The summed E-state index contributed by atoms with van der Waals surface area (Å²) in [6.45, 7) is 6.17. The first-order chi connectivity index (χ1) is 15.0. The highest BCUT2D eigenvalue weighted by Gasteiger charge is 2.23. The molecule has 0 radical (unpaired) electrons. The SMILES string of the molecule is Cc1cc(C)c2[nH]c(=O)c(C[NH+](CCCO)Cc3nnnn3C3CCCCC3)cc2c1. The minimum atomic E-state index is -0.0483. The molecule has 1 unspecified atom stereocenters. The van der Waals surface area contributed by atoms with E-state index >= 15 is 0 Å². The number of H-pyrrole nitrogens is 1. The molecule has 8 heteroatoms. The minimum absolute atomic E-state index is 0.0483. The van der Waals surface area contributed by atoms with Gasteiger partial charge in [-0.25, -0.2) is 4.68 Å². The van der Waals surface area contributed by atoms with Crippen LogP contribution in [0.1, 0.15) is 67.1 Å². The molecule has 0 saturated heterocycles. The standard InChI is InChI=1S/C23H32N6O2/c1-16-11-17(2)22-18(12-16)13-19(23(31)24-22)14-28(9-6-10-30)15-21-25-26-27-29(21)20-7-4-3-5-8-20/h11-13,20,30H,3-10,14-15H2,1-2H3,(H,24,31)/p+1. The molecule has 166 valence electrons. The van der Waals surface area contributed by atoms with Gasteiger partial charge < -0.3 is 15.0 Å². The van der Waals surface area contributed by atoms with Gasteiger partial charge in [-0.1, -0.05) is 30.9 Å². The van der Waals surface area contributed by atoms with Crippen molar-refractivity contribution in [1.29, 1.82) is 0 Å². The van der Waals surface area contributed by atoms with Crippen LogP contribution in [0.3, 0.4) is 0 Å². The van der Waals surface area contributed by atoms with Crippen LogP contribution in [0.5, 0.6) is 0 Å². The maximum absolute atomic E-state index is 12.8. The van der Waals surface area contributed by atoms with Crippen LogP contribution >= 0.6 is 0 Å². The fourth-order valence-electron chi connectivity index (χ4n) is 4.86. The first kappa shape index (κ1) is 21.6. The number of aromatic amines is 1. The predicted octanol–water partition coefficient (Wildman–Crippen LogP) is 1.60. The Kier molecular flexibility index (Phi) is 6.77. The number of fused-ring (bicyclic) bond motifs is 1. The molecule has 3 N–H and O–H groups in total. The van der Waals surface area contributed by atoms with E-state index < -0.39 is 0 Å². The molecule has 8 nitrogen and oxygen atoms in total. The fraction of sp³-hybridized carbons (Fsp3) is 0.565. The van der Waals surface area contributed by atoms with Gasteiger partial charge in [0.1, 0.15) is 13.1 Å². The molecule has 1 atom stereocenters. The molecule has 4 rings (SSSR count). The van der Waals surface area contributed by atoms with Crippen molar-refractivity contribution in [1.82, 2.24) is 25.2 Å². The Morgan fingerprint density at radius 1 is 1.16 bits per heavy atom. The molecule has 2 heterocycles. The lowest BCUT2D eigenvalue weighted by Crippen LogP contribution is -3.09. The van der Waals surface area contributed by atoms with E-state index in [0.717, 1.165) is 47.2 Å². The summed E-state index contributed by atoms with van der Waals surface area (Å²) in [6.07, 6.45) is 6.63. The number of hydrogen-bond acceptors (Lipinski definition) is 5. The largest absolute Gasteiger partial charge is 0.396 e. The Balaban J connectivity index is 1.59. The number of tetrazole rings is 1. The Morgan fingerprint density at radius 3 is 2.74 bits per heavy atom. The Labute approximate surface area is 182 Å². The van der Waals surface area contributed by atoms with E-state index in [-0.39, 0.29) is 12.2 Å². The molecule has 31 heavy (non-hydrogen) atoms. The van der Waals surface area contributed by atoms with Crippen molar-refractivity contribution in [2.75, 3.05) is 13.2 Å². The zero-order chi connectivity index (χ0) is 21.8. The van der Waals surface area contributed by atoms with Crippen molar-refractivity contribution >= 4 is 10.9 Å². The number of aliphatic hydroxyl groups is 1. The van der Waals surface area contributed by atoms with Gasteiger partial charge in [-0.15, -0.1) is 5.10 Å². The second-order valence-electron chi connectivity index (χ2n) is 8.93. The smallest absolute Gasteiger partial charge is 0.257 e. The molecule has 0 aliphatic heterocycles. The zero-order valence-electron chi connectivity index (χ0n) is 18.5. The summed E-state index contributed by atoms with van der Waals surface area (Å²) in [6, 6.07) is 6.57. The van der Waals surface area contributed by atoms with E-state index in [1.807, 2.05) is 17.7 Å². The number of rotatable bonds is 8. The minimum Gasteiger partial charge on any atom is -0.396 e. The van der Waals surface area contributed by atoms with Crippen LogP contribution in [0.15, 0.2) is 23.0 Å². The van der Waals surface area contributed by atoms with Crippen LogP contribution in [-0.2, 0) is 13.1 Å². The molecule has 1 fully saturated rings. The van der Waals surface area contributed by atoms with E-state index in [1.165, 1.54) is 29.7 Å². The van der Waals surface area contributed by atoms with Gasteiger partial charge in [0.2, 0.25) is 5.82 Å². The second kappa shape index (κ2) is 9.70. The highest BCUT2D eigenvalue weighted by atomic mass is 16.3. The van der Waals surface area contributed by atoms with Crippen molar-refractivity contribution in [2.24, 2.45) is 0 Å². The zero-order valence-corrected chi connectivity index (χ0v) is 18.5. The monoisotopic (exact) mass is 425 g/mol. The van der Waals surface area contributed by atoms with Crippen LogP contribution < -0.4 is 10.5 Å². The summed E-state index contributed by atoms with van der Waals surface area (Å²) < 4.78 is 2.00. The van der Waals surface area contributed by atoms with Crippen molar-refractivity contribution in [3.8, 4) is 0 Å². The number of hydrogen-bond donors (Lipinski definition) is 3. The van der Waals surface area contributed by atoms with E-state index in [1.54, 1.807) is 0 Å². The first-order valence-corrected chi connectivity index (χ1v) is 11.4. The number of aryl methyl sites for hydroxylation is 2. The molecule has 0 amide bonds. The van der Waals surface area contributed by atoms with Crippen LogP contribution in [-0.4, -0.2) is 43.4 Å². The predicted molar refractivity (Wildman–Crippen MR) is 119 cm³/mol. The van der Waals surface area contributed by atoms with E-state index in [2.05, 4.69) is 39.6 Å². The highest BCUT2D eigenvalue weighted by Crippen LogP contribution is 2.27. The van der Waals surface area contributed by atoms with Crippen molar-refractivity contribution in [3.05, 3.63) is 51.1 Å².